The Morgan fingerprint density at radius 1 is 1.25 bits per heavy atom. The Hall–Kier alpha value is -2.04. The van der Waals surface area contributed by atoms with E-state index in [0.29, 0.717) is 18.4 Å². The topological polar surface area (TPSA) is 78.4 Å². The van der Waals surface area contributed by atoms with Gasteiger partial charge in [0.05, 0.1) is 0 Å². The summed E-state index contributed by atoms with van der Waals surface area (Å²) in [6, 6.07) is 5.57. The van der Waals surface area contributed by atoms with E-state index in [2.05, 4.69) is 10.6 Å². The molecule has 0 radical (unpaired) electrons. The molecule has 0 unspecified atom stereocenters. The van der Waals surface area contributed by atoms with Crippen LogP contribution in [0.3, 0.4) is 0 Å². The van der Waals surface area contributed by atoms with Crippen LogP contribution in [0.15, 0.2) is 18.2 Å². The molecule has 5 heteroatoms. The predicted octanol–water partition coefficient (Wildman–Crippen LogP) is 1.78. The van der Waals surface area contributed by atoms with Gasteiger partial charge in [0.1, 0.15) is 5.54 Å². The van der Waals surface area contributed by atoms with Gasteiger partial charge in [-0.3, -0.25) is 4.79 Å². The zero-order valence-electron chi connectivity index (χ0n) is 11.2. The minimum Gasteiger partial charge on any atom is -0.480 e. The van der Waals surface area contributed by atoms with Crippen molar-refractivity contribution in [3.05, 3.63) is 29.3 Å². The van der Waals surface area contributed by atoms with E-state index < -0.39 is 11.5 Å². The highest BCUT2D eigenvalue weighted by atomic mass is 16.4. The van der Waals surface area contributed by atoms with Crippen LogP contribution in [0.5, 0.6) is 0 Å². The molecule has 106 valence electrons. The van der Waals surface area contributed by atoms with Gasteiger partial charge in [0.25, 0.3) is 5.91 Å². The zero-order valence-corrected chi connectivity index (χ0v) is 11.2. The highest BCUT2D eigenvalue weighted by Crippen LogP contribution is 2.33. The molecule has 0 saturated heterocycles. The number of carboxylic acids is 1. The first-order valence-corrected chi connectivity index (χ1v) is 7.04. The lowest BCUT2D eigenvalue weighted by atomic mass is 9.76. The van der Waals surface area contributed by atoms with Gasteiger partial charge in [0.2, 0.25) is 0 Å². The van der Waals surface area contributed by atoms with Crippen molar-refractivity contribution in [2.45, 2.75) is 37.6 Å². The van der Waals surface area contributed by atoms with E-state index in [-0.39, 0.29) is 5.91 Å². The second kappa shape index (κ2) is 4.81. The quantitative estimate of drug-likeness (QED) is 0.785. The number of hydrogen-bond acceptors (Lipinski definition) is 3. The maximum Gasteiger partial charge on any atom is 0.329 e. The normalized spacial score (nSPS) is 19.2. The third kappa shape index (κ3) is 2.03. The summed E-state index contributed by atoms with van der Waals surface area (Å²) in [6.45, 7) is 0.914. The molecule has 0 bridgehead atoms. The number of carboxylic acid groups (broad SMARTS) is 1. The second-order valence-corrected chi connectivity index (χ2v) is 5.56. The molecule has 2 aliphatic rings. The molecule has 3 rings (SSSR count). The molecule has 1 saturated carbocycles. The van der Waals surface area contributed by atoms with Gasteiger partial charge in [-0.1, -0.05) is 6.07 Å². The van der Waals surface area contributed by atoms with Crippen LogP contribution in [-0.2, 0) is 11.2 Å². The summed E-state index contributed by atoms with van der Waals surface area (Å²) in [5.74, 6) is -1.20. The summed E-state index contributed by atoms with van der Waals surface area (Å²) >= 11 is 0. The molecule has 3 N–H and O–H groups in total. The summed E-state index contributed by atoms with van der Waals surface area (Å²) in [7, 11) is 0. The summed E-state index contributed by atoms with van der Waals surface area (Å²) < 4.78 is 0. The van der Waals surface area contributed by atoms with Crippen LogP contribution in [0.25, 0.3) is 0 Å². The van der Waals surface area contributed by atoms with Crippen molar-refractivity contribution < 1.29 is 14.7 Å². The predicted molar refractivity (Wildman–Crippen MR) is 74.9 cm³/mol. The molecule has 0 atom stereocenters. The van der Waals surface area contributed by atoms with E-state index in [1.54, 1.807) is 6.07 Å². The molecule has 1 fully saturated rings. The Morgan fingerprint density at radius 2 is 2.05 bits per heavy atom. The largest absolute Gasteiger partial charge is 0.480 e. The number of rotatable bonds is 3. The minimum absolute atomic E-state index is 0.271. The molecule has 1 aromatic rings. The summed E-state index contributed by atoms with van der Waals surface area (Å²) in [6.07, 6.45) is 3.72. The van der Waals surface area contributed by atoms with Crippen LogP contribution in [0.1, 0.15) is 41.6 Å². The van der Waals surface area contributed by atoms with Crippen LogP contribution in [0.4, 0.5) is 5.69 Å². The van der Waals surface area contributed by atoms with E-state index in [4.69, 9.17) is 0 Å². The van der Waals surface area contributed by atoms with Gasteiger partial charge in [-0.2, -0.15) is 0 Å². The van der Waals surface area contributed by atoms with Crippen molar-refractivity contribution in [1.29, 1.82) is 0 Å². The number of hydrogen-bond donors (Lipinski definition) is 3. The summed E-state index contributed by atoms with van der Waals surface area (Å²) in [5.41, 5.74) is 1.53. The monoisotopic (exact) mass is 274 g/mol. The first-order valence-electron chi connectivity index (χ1n) is 7.04. The molecule has 1 amide bonds. The number of aliphatic carboxylic acids is 1. The van der Waals surface area contributed by atoms with Crippen molar-refractivity contribution in [2.75, 3.05) is 11.9 Å². The Kier molecular flexibility index (Phi) is 3.12. The molecule has 20 heavy (non-hydrogen) atoms. The molecule has 0 spiro atoms. The number of nitrogens with one attached hydrogen (secondary N) is 2. The fourth-order valence-corrected chi connectivity index (χ4v) is 2.93. The van der Waals surface area contributed by atoms with Crippen LogP contribution >= 0.6 is 0 Å². The van der Waals surface area contributed by atoms with Crippen LogP contribution in [-0.4, -0.2) is 29.1 Å². The highest BCUT2D eigenvalue weighted by molar-refractivity contribution is 6.00. The SMILES string of the molecule is O=C(NC1(C(=O)O)CCC1)c1cccc2c1CCCN2. The fourth-order valence-electron chi connectivity index (χ4n) is 2.93. The van der Waals surface area contributed by atoms with Gasteiger partial charge in [-0.15, -0.1) is 0 Å². The molecule has 1 aliphatic heterocycles. The van der Waals surface area contributed by atoms with E-state index >= 15 is 0 Å². The molecule has 5 nitrogen and oxygen atoms in total. The summed E-state index contributed by atoms with van der Waals surface area (Å²) in [5, 5.41) is 15.3. The van der Waals surface area contributed by atoms with Crippen molar-refractivity contribution in [2.24, 2.45) is 0 Å². The zero-order chi connectivity index (χ0) is 14.2. The van der Waals surface area contributed by atoms with Crippen LogP contribution in [0.2, 0.25) is 0 Å². The number of carbonyl (C=O) groups excluding carboxylic acids is 1. The molecule has 0 aromatic heterocycles. The smallest absolute Gasteiger partial charge is 0.329 e. The first kappa shape index (κ1) is 13.0. The number of carbonyl (C=O) groups is 2. The Morgan fingerprint density at radius 3 is 2.70 bits per heavy atom. The number of amides is 1. The van der Waals surface area contributed by atoms with E-state index in [0.717, 1.165) is 37.1 Å². The standard InChI is InChI=1S/C15H18N2O3/c18-13(17-15(14(19)20)7-3-8-15)11-4-1-6-12-10(11)5-2-9-16-12/h1,4,6,16H,2-3,5,7-9H2,(H,17,18)(H,19,20). The van der Waals surface area contributed by atoms with Crippen molar-refractivity contribution in [3.8, 4) is 0 Å². The van der Waals surface area contributed by atoms with E-state index in [9.17, 15) is 14.7 Å². The molecule has 1 heterocycles. The molecular formula is C15H18N2O3. The van der Waals surface area contributed by atoms with Gasteiger partial charge in [-0.05, 0) is 49.8 Å². The van der Waals surface area contributed by atoms with Gasteiger partial charge >= 0.3 is 5.97 Å². The van der Waals surface area contributed by atoms with Crippen LogP contribution in [0, 0.1) is 0 Å². The van der Waals surface area contributed by atoms with Gasteiger partial charge in [0.15, 0.2) is 0 Å². The average molecular weight is 274 g/mol. The van der Waals surface area contributed by atoms with Crippen LogP contribution < -0.4 is 10.6 Å². The van der Waals surface area contributed by atoms with E-state index in [1.807, 2.05) is 12.1 Å². The molecule has 1 aliphatic carbocycles. The van der Waals surface area contributed by atoms with Crippen molar-refractivity contribution >= 4 is 17.6 Å². The Balaban J connectivity index is 1.86. The third-order valence-electron chi connectivity index (χ3n) is 4.31. The van der Waals surface area contributed by atoms with E-state index in [1.165, 1.54) is 0 Å². The van der Waals surface area contributed by atoms with Crippen molar-refractivity contribution in [1.82, 2.24) is 5.32 Å². The molecular weight excluding hydrogens is 256 g/mol. The van der Waals surface area contributed by atoms with Gasteiger partial charge in [-0.25, -0.2) is 4.79 Å². The average Bonchev–Trinajstić information content (AvgIpc) is 2.41. The Labute approximate surface area is 117 Å². The molecule has 1 aromatic carbocycles. The number of fused-ring (bicyclic) bond motifs is 1. The number of benzene rings is 1. The van der Waals surface area contributed by atoms with Crippen molar-refractivity contribution in [3.63, 3.8) is 0 Å². The maximum absolute atomic E-state index is 12.4. The summed E-state index contributed by atoms with van der Waals surface area (Å²) in [4.78, 5) is 23.8. The maximum atomic E-state index is 12.4. The van der Waals surface area contributed by atoms with Gasteiger partial charge < -0.3 is 15.7 Å². The Bertz CT molecular complexity index is 564. The first-order chi connectivity index (χ1) is 9.62. The third-order valence-corrected chi connectivity index (χ3v) is 4.31. The lowest BCUT2D eigenvalue weighted by Gasteiger charge is -2.38. The number of anilines is 1. The lowest BCUT2D eigenvalue weighted by Crippen LogP contribution is -2.59. The minimum atomic E-state index is -1.05. The second-order valence-electron chi connectivity index (χ2n) is 5.56. The van der Waals surface area contributed by atoms with Gasteiger partial charge in [0, 0.05) is 17.8 Å². The fraction of sp³-hybridized carbons (Fsp3) is 0.467. The lowest BCUT2D eigenvalue weighted by molar-refractivity contribution is -0.148. The highest BCUT2D eigenvalue weighted by Gasteiger charge is 2.46.